The second-order valence-corrected chi connectivity index (χ2v) is 3.77. The molecule has 0 saturated heterocycles. The summed E-state index contributed by atoms with van der Waals surface area (Å²) in [6, 6.07) is 3.96. The highest BCUT2D eigenvalue weighted by Gasteiger charge is 2.18. The van der Waals surface area contributed by atoms with Crippen LogP contribution in [-0.4, -0.2) is 36.5 Å². The number of nitrogen functional groups attached to an aromatic ring is 1. The van der Waals surface area contributed by atoms with Gasteiger partial charge in [0.1, 0.15) is 12.3 Å². The SMILES string of the molecule is NC(=O)COCCNC(=O)c1cccc([N+](=O)[O-])c1N. The highest BCUT2D eigenvalue weighted by Crippen LogP contribution is 2.24. The molecule has 0 radical (unpaired) electrons. The van der Waals surface area contributed by atoms with Crippen molar-refractivity contribution in [2.45, 2.75) is 0 Å². The lowest BCUT2D eigenvalue weighted by molar-refractivity contribution is -0.383. The number of nitro benzene ring substituents is 1. The van der Waals surface area contributed by atoms with Crippen LogP contribution in [0.4, 0.5) is 11.4 Å². The minimum absolute atomic E-state index is 0.00843. The predicted octanol–water partition coefficient (Wildman–Crippen LogP) is -0.591. The van der Waals surface area contributed by atoms with E-state index >= 15 is 0 Å². The Hall–Kier alpha value is -2.68. The van der Waals surface area contributed by atoms with Crippen molar-refractivity contribution in [3.05, 3.63) is 33.9 Å². The van der Waals surface area contributed by atoms with Crippen molar-refractivity contribution in [1.29, 1.82) is 0 Å². The molecule has 1 aromatic carbocycles. The fraction of sp³-hybridized carbons (Fsp3) is 0.273. The second-order valence-electron chi connectivity index (χ2n) is 3.77. The molecule has 0 aliphatic carbocycles. The number of primary amides is 1. The molecule has 0 saturated carbocycles. The number of hydrogen-bond acceptors (Lipinski definition) is 6. The van der Waals surface area contributed by atoms with Crippen LogP contribution in [0.2, 0.25) is 0 Å². The lowest BCUT2D eigenvalue weighted by Gasteiger charge is -2.07. The van der Waals surface area contributed by atoms with E-state index in [1.807, 2.05) is 0 Å². The van der Waals surface area contributed by atoms with Crippen molar-refractivity contribution >= 4 is 23.2 Å². The van der Waals surface area contributed by atoms with Crippen LogP contribution in [0, 0.1) is 10.1 Å². The maximum atomic E-state index is 11.8. The number of para-hydroxylation sites is 1. The number of nitrogens with zero attached hydrogens (tertiary/aromatic N) is 1. The van der Waals surface area contributed by atoms with E-state index in [-0.39, 0.29) is 36.7 Å². The average Bonchev–Trinajstić information content (AvgIpc) is 2.37. The number of nitrogens with two attached hydrogens (primary N) is 2. The topological polar surface area (TPSA) is 151 Å². The van der Waals surface area contributed by atoms with Gasteiger partial charge < -0.3 is 21.5 Å². The molecule has 0 fully saturated rings. The molecule has 0 bridgehead atoms. The molecule has 1 rings (SSSR count). The van der Waals surface area contributed by atoms with E-state index in [1.165, 1.54) is 18.2 Å². The third-order valence-electron chi connectivity index (χ3n) is 2.30. The first-order valence-electron chi connectivity index (χ1n) is 5.60. The molecule has 0 aliphatic heterocycles. The summed E-state index contributed by atoms with van der Waals surface area (Å²) in [6.45, 7) is -0.0351. The van der Waals surface area contributed by atoms with Gasteiger partial charge in [0.05, 0.1) is 17.1 Å². The van der Waals surface area contributed by atoms with E-state index in [1.54, 1.807) is 0 Å². The van der Waals surface area contributed by atoms with Crippen LogP contribution in [0.3, 0.4) is 0 Å². The summed E-state index contributed by atoms with van der Waals surface area (Å²) in [6.07, 6.45) is 0. The maximum absolute atomic E-state index is 11.8. The first-order valence-corrected chi connectivity index (χ1v) is 5.60. The number of hydrogen-bond donors (Lipinski definition) is 3. The minimum Gasteiger partial charge on any atom is -0.393 e. The number of ether oxygens (including phenoxy) is 1. The van der Waals surface area contributed by atoms with E-state index in [9.17, 15) is 19.7 Å². The van der Waals surface area contributed by atoms with Gasteiger partial charge in [-0.1, -0.05) is 6.07 Å². The van der Waals surface area contributed by atoms with E-state index in [4.69, 9.17) is 16.2 Å². The Labute approximate surface area is 114 Å². The van der Waals surface area contributed by atoms with E-state index in [0.717, 1.165) is 0 Å². The number of anilines is 1. The largest absolute Gasteiger partial charge is 0.393 e. The lowest BCUT2D eigenvalue weighted by Crippen LogP contribution is -2.29. The molecule has 20 heavy (non-hydrogen) atoms. The normalized spacial score (nSPS) is 10.0. The Morgan fingerprint density at radius 1 is 1.40 bits per heavy atom. The number of carbonyl (C=O) groups excluding carboxylic acids is 2. The number of nitro groups is 1. The number of rotatable bonds is 7. The summed E-state index contributed by atoms with van der Waals surface area (Å²) in [5.41, 5.74) is 9.90. The third-order valence-corrected chi connectivity index (χ3v) is 2.30. The van der Waals surface area contributed by atoms with E-state index in [2.05, 4.69) is 5.32 Å². The zero-order chi connectivity index (χ0) is 15.1. The van der Waals surface area contributed by atoms with Crippen LogP contribution in [-0.2, 0) is 9.53 Å². The van der Waals surface area contributed by atoms with Gasteiger partial charge in [0.25, 0.3) is 11.6 Å². The van der Waals surface area contributed by atoms with Crippen molar-refractivity contribution < 1.29 is 19.2 Å². The van der Waals surface area contributed by atoms with Crippen LogP contribution >= 0.6 is 0 Å². The van der Waals surface area contributed by atoms with Crippen molar-refractivity contribution in [2.75, 3.05) is 25.5 Å². The summed E-state index contributed by atoms with van der Waals surface area (Å²) in [7, 11) is 0. The fourth-order valence-corrected chi connectivity index (χ4v) is 1.41. The first-order chi connectivity index (χ1) is 9.43. The van der Waals surface area contributed by atoms with Gasteiger partial charge >= 0.3 is 0 Å². The molecule has 0 aliphatic rings. The molecule has 9 heteroatoms. The number of carbonyl (C=O) groups is 2. The molecule has 1 aromatic rings. The maximum Gasteiger partial charge on any atom is 0.292 e. The number of benzene rings is 1. The van der Waals surface area contributed by atoms with Gasteiger partial charge in [-0.2, -0.15) is 0 Å². The van der Waals surface area contributed by atoms with Crippen molar-refractivity contribution in [3.63, 3.8) is 0 Å². The molecular weight excluding hydrogens is 268 g/mol. The third kappa shape index (κ3) is 4.21. The minimum atomic E-state index is -0.665. The van der Waals surface area contributed by atoms with E-state index in [0.29, 0.717) is 0 Å². The molecule has 9 nitrogen and oxygen atoms in total. The van der Waals surface area contributed by atoms with Gasteiger partial charge in [-0.25, -0.2) is 0 Å². The first kappa shape index (κ1) is 15.4. The lowest BCUT2D eigenvalue weighted by atomic mass is 10.1. The predicted molar refractivity (Wildman–Crippen MR) is 69.9 cm³/mol. The number of amides is 2. The summed E-state index contributed by atoms with van der Waals surface area (Å²) in [5, 5.41) is 13.2. The van der Waals surface area contributed by atoms with Gasteiger partial charge in [0.2, 0.25) is 5.91 Å². The summed E-state index contributed by atoms with van der Waals surface area (Å²) >= 11 is 0. The molecule has 0 atom stereocenters. The van der Waals surface area contributed by atoms with Crippen molar-refractivity contribution in [2.24, 2.45) is 5.73 Å². The standard InChI is InChI=1S/C11H14N4O5/c12-9(16)6-20-5-4-14-11(17)7-2-1-3-8(10(7)13)15(18)19/h1-3H,4-6,13H2,(H2,12,16)(H,14,17). The van der Waals surface area contributed by atoms with Crippen LogP contribution in [0.5, 0.6) is 0 Å². The van der Waals surface area contributed by atoms with Crippen LogP contribution in [0.1, 0.15) is 10.4 Å². The zero-order valence-electron chi connectivity index (χ0n) is 10.5. The highest BCUT2D eigenvalue weighted by atomic mass is 16.6. The van der Waals surface area contributed by atoms with Gasteiger partial charge in [0.15, 0.2) is 0 Å². The molecule has 0 spiro atoms. The van der Waals surface area contributed by atoms with Crippen molar-refractivity contribution in [3.8, 4) is 0 Å². The zero-order valence-corrected chi connectivity index (χ0v) is 10.5. The second kappa shape index (κ2) is 7.04. The Morgan fingerprint density at radius 2 is 2.10 bits per heavy atom. The number of nitrogens with one attached hydrogen (secondary N) is 1. The van der Waals surface area contributed by atoms with Gasteiger partial charge in [0, 0.05) is 12.6 Å². The molecule has 0 heterocycles. The molecule has 0 unspecified atom stereocenters. The average molecular weight is 282 g/mol. The Morgan fingerprint density at radius 3 is 2.70 bits per heavy atom. The molecule has 108 valence electrons. The molecule has 5 N–H and O–H groups in total. The van der Waals surface area contributed by atoms with Crippen LogP contribution in [0.15, 0.2) is 18.2 Å². The van der Waals surface area contributed by atoms with Crippen LogP contribution in [0.25, 0.3) is 0 Å². The fourth-order valence-electron chi connectivity index (χ4n) is 1.41. The quantitative estimate of drug-likeness (QED) is 0.263. The molecule has 2 amide bonds. The van der Waals surface area contributed by atoms with Crippen LogP contribution < -0.4 is 16.8 Å². The summed E-state index contributed by atoms with van der Waals surface area (Å²) < 4.78 is 4.84. The van der Waals surface area contributed by atoms with Gasteiger partial charge in [-0.05, 0) is 6.07 Å². The molecular formula is C11H14N4O5. The van der Waals surface area contributed by atoms with Gasteiger partial charge in [-0.3, -0.25) is 19.7 Å². The Kier molecular flexibility index (Phi) is 5.42. The molecule has 0 aromatic heterocycles. The Balaban J connectivity index is 2.58. The summed E-state index contributed by atoms with van der Waals surface area (Å²) in [4.78, 5) is 32.2. The Bertz CT molecular complexity index is 532. The highest BCUT2D eigenvalue weighted by molar-refractivity contribution is 6.00. The van der Waals surface area contributed by atoms with Crippen molar-refractivity contribution in [1.82, 2.24) is 5.32 Å². The van der Waals surface area contributed by atoms with E-state index < -0.39 is 16.7 Å². The summed E-state index contributed by atoms with van der Waals surface area (Å²) in [5.74, 6) is -1.17. The monoisotopic (exact) mass is 282 g/mol. The smallest absolute Gasteiger partial charge is 0.292 e. The van der Waals surface area contributed by atoms with Gasteiger partial charge in [-0.15, -0.1) is 0 Å².